The Morgan fingerprint density at radius 3 is 2.05 bits per heavy atom. The van der Waals surface area contributed by atoms with E-state index in [0.717, 1.165) is 11.4 Å². The maximum absolute atomic E-state index is 11.7. The molecule has 2 aromatic rings. The van der Waals surface area contributed by atoms with Crippen molar-refractivity contribution in [3.8, 4) is 0 Å². The van der Waals surface area contributed by atoms with E-state index in [9.17, 15) is 9.59 Å². The van der Waals surface area contributed by atoms with Crippen molar-refractivity contribution in [3.05, 3.63) is 66.7 Å². The Bertz CT molecular complexity index is 679. The summed E-state index contributed by atoms with van der Waals surface area (Å²) in [6.07, 6.45) is -0.376. The smallest absolute Gasteiger partial charge is 0.308 e. The number of carboxylic acid groups (broad SMARTS) is 1. The number of carbonyl (C=O) groups excluding carboxylic acids is 1. The second kappa shape index (κ2) is 7.08. The van der Waals surface area contributed by atoms with E-state index < -0.39 is 11.9 Å². The van der Waals surface area contributed by atoms with Crippen molar-refractivity contribution in [2.75, 3.05) is 10.6 Å². The maximum Gasteiger partial charge on any atom is 0.308 e. The number of rotatable bonds is 6. The van der Waals surface area contributed by atoms with Gasteiger partial charge in [-0.15, -0.1) is 0 Å². The number of carboxylic acids is 1. The summed E-state index contributed by atoms with van der Waals surface area (Å²) >= 11 is 0. The number of para-hydroxylation sites is 1. The lowest BCUT2D eigenvalue weighted by molar-refractivity contribution is -0.136. The van der Waals surface area contributed by atoms with Crippen LogP contribution in [0.3, 0.4) is 0 Å². The molecule has 3 N–H and O–H groups in total. The fourth-order valence-corrected chi connectivity index (χ4v) is 1.81. The Morgan fingerprint density at radius 1 is 0.909 bits per heavy atom. The summed E-state index contributed by atoms with van der Waals surface area (Å²) in [5.74, 6) is -1.58. The van der Waals surface area contributed by atoms with Gasteiger partial charge in [-0.25, -0.2) is 0 Å². The topological polar surface area (TPSA) is 78.4 Å². The molecule has 0 atom stereocenters. The monoisotopic (exact) mass is 296 g/mol. The third kappa shape index (κ3) is 4.49. The summed E-state index contributed by atoms with van der Waals surface area (Å²) in [5, 5.41) is 14.5. The van der Waals surface area contributed by atoms with Crippen LogP contribution in [-0.4, -0.2) is 17.0 Å². The first-order valence-corrected chi connectivity index (χ1v) is 6.67. The molecular weight excluding hydrogens is 280 g/mol. The molecule has 22 heavy (non-hydrogen) atoms. The Kier molecular flexibility index (Phi) is 4.93. The van der Waals surface area contributed by atoms with Crippen LogP contribution in [0.5, 0.6) is 0 Å². The number of anilines is 3. The number of amides is 1. The van der Waals surface area contributed by atoms with Crippen LogP contribution >= 0.6 is 0 Å². The summed E-state index contributed by atoms with van der Waals surface area (Å²) < 4.78 is 0. The zero-order valence-corrected chi connectivity index (χ0v) is 11.9. The van der Waals surface area contributed by atoms with Gasteiger partial charge >= 0.3 is 5.97 Å². The molecule has 5 heteroatoms. The van der Waals surface area contributed by atoms with Crippen molar-refractivity contribution in [2.24, 2.45) is 0 Å². The highest BCUT2D eigenvalue weighted by Gasteiger charge is 2.10. The molecule has 1 amide bonds. The minimum Gasteiger partial charge on any atom is -0.481 e. The largest absolute Gasteiger partial charge is 0.481 e. The standard InChI is InChI=1S/C17H16N2O3/c1-12(11-16(20)21)17(22)19-15-9-7-14(8-10-15)18-13-5-3-2-4-6-13/h2-10,18H,1,11H2,(H,19,22)(H,20,21). The molecule has 2 aromatic carbocycles. The van der Waals surface area contributed by atoms with Crippen LogP contribution < -0.4 is 10.6 Å². The summed E-state index contributed by atoms with van der Waals surface area (Å²) in [7, 11) is 0. The summed E-state index contributed by atoms with van der Waals surface area (Å²) in [5.41, 5.74) is 2.44. The molecule has 0 fully saturated rings. The lowest BCUT2D eigenvalue weighted by Crippen LogP contribution is -2.15. The van der Waals surface area contributed by atoms with Crippen molar-refractivity contribution in [1.29, 1.82) is 0 Å². The molecular formula is C17H16N2O3. The SMILES string of the molecule is C=C(CC(=O)O)C(=O)Nc1ccc(Nc2ccccc2)cc1. The van der Waals surface area contributed by atoms with E-state index in [2.05, 4.69) is 17.2 Å². The molecule has 0 spiro atoms. The third-order valence-electron chi connectivity index (χ3n) is 2.89. The first-order valence-electron chi connectivity index (χ1n) is 6.67. The van der Waals surface area contributed by atoms with Gasteiger partial charge in [0.2, 0.25) is 0 Å². The van der Waals surface area contributed by atoms with Crippen LogP contribution in [0.4, 0.5) is 17.1 Å². The van der Waals surface area contributed by atoms with Gasteiger partial charge in [0.1, 0.15) is 0 Å². The van der Waals surface area contributed by atoms with Crippen molar-refractivity contribution >= 4 is 28.9 Å². The molecule has 5 nitrogen and oxygen atoms in total. The fourth-order valence-electron chi connectivity index (χ4n) is 1.81. The van der Waals surface area contributed by atoms with Crippen molar-refractivity contribution < 1.29 is 14.7 Å². The lowest BCUT2D eigenvalue weighted by Gasteiger charge is -2.09. The van der Waals surface area contributed by atoms with E-state index in [1.54, 1.807) is 12.1 Å². The molecule has 112 valence electrons. The van der Waals surface area contributed by atoms with Gasteiger partial charge in [-0.1, -0.05) is 24.8 Å². The zero-order chi connectivity index (χ0) is 15.9. The minimum absolute atomic E-state index is 0.0130. The van der Waals surface area contributed by atoms with Gasteiger partial charge in [0.05, 0.1) is 6.42 Å². The molecule has 0 bridgehead atoms. The van der Waals surface area contributed by atoms with Gasteiger partial charge in [-0.3, -0.25) is 9.59 Å². The first-order chi connectivity index (χ1) is 10.5. The van der Waals surface area contributed by atoms with Gasteiger partial charge in [0, 0.05) is 22.6 Å². The molecule has 2 rings (SSSR count). The van der Waals surface area contributed by atoms with Gasteiger partial charge in [-0.2, -0.15) is 0 Å². The van der Waals surface area contributed by atoms with Crippen LogP contribution in [-0.2, 0) is 9.59 Å². The second-order valence-corrected chi connectivity index (χ2v) is 4.70. The van der Waals surface area contributed by atoms with Crippen molar-refractivity contribution in [2.45, 2.75) is 6.42 Å². The Labute approximate surface area is 128 Å². The quantitative estimate of drug-likeness (QED) is 0.714. The van der Waals surface area contributed by atoms with E-state index in [0.29, 0.717) is 5.69 Å². The van der Waals surface area contributed by atoms with E-state index in [4.69, 9.17) is 5.11 Å². The number of carbonyl (C=O) groups is 2. The Hall–Kier alpha value is -3.08. The average Bonchev–Trinajstić information content (AvgIpc) is 2.49. The van der Waals surface area contributed by atoms with E-state index >= 15 is 0 Å². The molecule has 0 aliphatic heterocycles. The van der Waals surface area contributed by atoms with Crippen molar-refractivity contribution in [3.63, 3.8) is 0 Å². The number of benzene rings is 2. The molecule has 0 saturated carbocycles. The molecule has 0 heterocycles. The summed E-state index contributed by atoms with van der Waals surface area (Å²) in [4.78, 5) is 22.3. The number of hydrogen-bond acceptors (Lipinski definition) is 3. The second-order valence-electron chi connectivity index (χ2n) is 4.70. The Balaban J connectivity index is 1.96. The predicted molar refractivity (Wildman–Crippen MR) is 86.2 cm³/mol. The first kappa shape index (κ1) is 15.3. The molecule has 0 radical (unpaired) electrons. The van der Waals surface area contributed by atoms with E-state index in [1.165, 1.54) is 0 Å². The highest BCUT2D eigenvalue weighted by Crippen LogP contribution is 2.19. The summed E-state index contributed by atoms with van der Waals surface area (Å²) in [6.45, 7) is 3.46. The van der Waals surface area contributed by atoms with Crippen LogP contribution in [0.1, 0.15) is 6.42 Å². The fraction of sp³-hybridized carbons (Fsp3) is 0.0588. The van der Waals surface area contributed by atoms with Gasteiger partial charge in [0.25, 0.3) is 5.91 Å². The third-order valence-corrected chi connectivity index (χ3v) is 2.89. The number of aliphatic carboxylic acids is 1. The number of nitrogens with one attached hydrogen (secondary N) is 2. The van der Waals surface area contributed by atoms with E-state index in [-0.39, 0.29) is 12.0 Å². The van der Waals surface area contributed by atoms with Gasteiger partial charge < -0.3 is 15.7 Å². The average molecular weight is 296 g/mol. The van der Waals surface area contributed by atoms with Crippen molar-refractivity contribution in [1.82, 2.24) is 0 Å². The highest BCUT2D eigenvalue weighted by molar-refractivity contribution is 6.05. The molecule has 0 aliphatic carbocycles. The lowest BCUT2D eigenvalue weighted by atomic mass is 10.2. The van der Waals surface area contributed by atoms with Crippen LogP contribution in [0.25, 0.3) is 0 Å². The zero-order valence-electron chi connectivity index (χ0n) is 11.9. The molecule has 0 saturated heterocycles. The van der Waals surface area contributed by atoms with E-state index in [1.807, 2.05) is 42.5 Å². The molecule has 0 aromatic heterocycles. The van der Waals surface area contributed by atoms with Gasteiger partial charge in [0.15, 0.2) is 0 Å². The maximum atomic E-state index is 11.7. The van der Waals surface area contributed by atoms with Crippen LogP contribution in [0.15, 0.2) is 66.7 Å². The Morgan fingerprint density at radius 2 is 1.45 bits per heavy atom. The highest BCUT2D eigenvalue weighted by atomic mass is 16.4. The minimum atomic E-state index is -1.08. The summed E-state index contributed by atoms with van der Waals surface area (Å²) in [6, 6.07) is 16.8. The molecule has 0 aliphatic rings. The predicted octanol–water partition coefficient (Wildman–Crippen LogP) is 3.40. The number of hydrogen-bond donors (Lipinski definition) is 3. The van der Waals surface area contributed by atoms with Gasteiger partial charge in [-0.05, 0) is 36.4 Å². The normalized spacial score (nSPS) is 9.82. The van der Waals surface area contributed by atoms with Crippen LogP contribution in [0, 0.1) is 0 Å². The molecule has 0 unspecified atom stereocenters. The van der Waals surface area contributed by atoms with Crippen LogP contribution in [0.2, 0.25) is 0 Å².